The van der Waals surface area contributed by atoms with Crippen molar-refractivity contribution in [2.24, 2.45) is 17.0 Å². The molecule has 0 bridgehead atoms. The molecule has 0 unspecified atom stereocenters. The molecule has 29 heavy (non-hydrogen) atoms. The highest BCUT2D eigenvalue weighted by molar-refractivity contribution is 5.82. The molecule has 1 aromatic carbocycles. The summed E-state index contributed by atoms with van der Waals surface area (Å²) in [7, 11) is 1.56. The number of ether oxygens (including phenoxy) is 3. The van der Waals surface area contributed by atoms with Gasteiger partial charge in [0.1, 0.15) is 25.2 Å². The smallest absolute Gasteiger partial charge is 0.125 e. The van der Waals surface area contributed by atoms with E-state index in [4.69, 9.17) is 19.0 Å². The van der Waals surface area contributed by atoms with E-state index in [1.165, 1.54) is 25.7 Å². The molecule has 0 saturated heterocycles. The van der Waals surface area contributed by atoms with E-state index in [2.05, 4.69) is 31.1 Å². The summed E-state index contributed by atoms with van der Waals surface area (Å²) in [6.45, 7) is 10.8. The molecule has 0 radical (unpaired) electrons. The predicted molar refractivity (Wildman–Crippen MR) is 118 cm³/mol. The maximum absolute atomic E-state index is 6.23. The molecule has 0 aliphatic heterocycles. The largest absolute Gasteiger partial charge is 0.493 e. The highest BCUT2D eigenvalue weighted by Gasteiger charge is 2.22. The van der Waals surface area contributed by atoms with Crippen molar-refractivity contribution in [2.45, 2.75) is 53.4 Å². The fraction of sp³-hybridized carbons (Fsp3) is 0.625. The first kappa shape index (κ1) is 23.3. The molecular formula is C24H37NO4. The lowest BCUT2D eigenvalue weighted by molar-refractivity contribution is 0.0904. The van der Waals surface area contributed by atoms with Crippen LogP contribution in [0.4, 0.5) is 0 Å². The first-order valence-corrected chi connectivity index (χ1v) is 10.7. The SMILES string of the molecule is C/C=C/COc1cc(C)c(OCC2CCC(COC/C(C)=N/OC)CC2)c(C)c1. The van der Waals surface area contributed by atoms with Crippen LogP contribution < -0.4 is 9.47 Å². The molecule has 1 saturated carbocycles. The molecule has 162 valence electrons. The molecule has 2 rings (SSSR count). The third-order valence-corrected chi connectivity index (χ3v) is 5.36. The minimum atomic E-state index is 0.546. The van der Waals surface area contributed by atoms with Crippen molar-refractivity contribution in [3.8, 4) is 11.5 Å². The zero-order chi connectivity index (χ0) is 21.1. The van der Waals surface area contributed by atoms with E-state index in [-0.39, 0.29) is 0 Å². The van der Waals surface area contributed by atoms with Crippen LogP contribution in [0.5, 0.6) is 11.5 Å². The van der Waals surface area contributed by atoms with E-state index in [1.54, 1.807) is 7.11 Å². The van der Waals surface area contributed by atoms with Crippen LogP contribution in [0.15, 0.2) is 29.4 Å². The van der Waals surface area contributed by atoms with E-state index in [0.29, 0.717) is 25.0 Å². The number of hydrogen-bond acceptors (Lipinski definition) is 5. The zero-order valence-corrected chi connectivity index (χ0v) is 18.7. The molecule has 5 nitrogen and oxygen atoms in total. The van der Waals surface area contributed by atoms with Gasteiger partial charge in [0.2, 0.25) is 0 Å². The zero-order valence-electron chi connectivity index (χ0n) is 18.7. The number of oxime groups is 1. The molecular weight excluding hydrogens is 366 g/mol. The van der Waals surface area contributed by atoms with Crippen molar-refractivity contribution in [3.63, 3.8) is 0 Å². The second-order valence-electron chi connectivity index (χ2n) is 7.99. The maximum Gasteiger partial charge on any atom is 0.125 e. The summed E-state index contributed by atoms with van der Waals surface area (Å²) in [5, 5.41) is 3.87. The van der Waals surface area contributed by atoms with Gasteiger partial charge < -0.3 is 19.0 Å². The number of allylic oxidation sites excluding steroid dienone is 1. The lowest BCUT2D eigenvalue weighted by Crippen LogP contribution is -2.23. The van der Waals surface area contributed by atoms with Crippen LogP contribution in [0.1, 0.15) is 50.7 Å². The molecule has 1 aliphatic carbocycles. The Morgan fingerprint density at radius 1 is 1.03 bits per heavy atom. The molecule has 0 atom stereocenters. The van der Waals surface area contributed by atoms with Gasteiger partial charge in [-0.05, 0) is 88.5 Å². The monoisotopic (exact) mass is 403 g/mol. The van der Waals surface area contributed by atoms with Crippen molar-refractivity contribution >= 4 is 5.71 Å². The second kappa shape index (κ2) is 12.5. The molecule has 1 aliphatic rings. The number of benzene rings is 1. The van der Waals surface area contributed by atoms with Gasteiger partial charge >= 0.3 is 0 Å². The maximum atomic E-state index is 6.23. The van der Waals surface area contributed by atoms with Gasteiger partial charge in [-0.25, -0.2) is 0 Å². The number of nitrogens with zero attached hydrogens (tertiary/aromatic N) is 1. The van der Waals surface area contributed by atoms with Crippen LogP contribution in [0, 0.1) is 25.7 Å². The van der Waals surface area contributed by atoms with Crippen LogP contribution >= 0.6 is 0 Å². The Morgan fingerprint density at radius 2 is 1.66 bits per heavy atom. The van der Waals surface area contributed by atoms with Crippen molar-refractivity contribution in [1.29, 1.82) is 0 Å². The minimum absolute atomic E-state index is 0.546. The molecule has 5 heteroatoms. The molecule has 0 spiro atoms. The highest BCUT2D eigenvalue weighted by Crippen LogP contribution is 2.32. The van der Waals surface area contributed by atoms with Crippen LogP contribution in [0.25, 0.3) is 0 Å². The van der Waals surface area contributed by atoms with Crippen molar-refractivity contribution in [1.82, 2.24) is 0 Å². The Morgan fingerprint density at radius 3 is 2.24 bits per heavy atom. The van der Waals surface area contributed by atoms with Crippen molar-refractivity contribution in [2.75, 3.05) is 33.5 Å². The van der Waals surface area contributed by atoms with E-state index < -0.39 is 0 Å². The summed E-state index contributed by atoms with van der Waals surface area (Å²) in [4.78, 5) is 4.75. The number of aryl methyl sites for hydroxylation is 2. The van der Waals surface area contributed by atoms with Crippen LogP contribution in [0.2, 0.25) is 0 Å². The molecule has 0 aromatic heterocycles. The Labute approximate surface area is 176 Å². The average Bonchev–Trinajstić information content (AvgIpc) is 2.69. The fourth-order valence-corrected chi connectivity index (χ4v) is 3.78. The van der Waals surface area contributed by atoms with Gasteiger partial charge in [0.05, 0.1) is 18.9 Å². The highest BCUT2D eigenvalue weighted by atomic mass is 16.6. The van der Waals surface area contributed by atoms with Crippen LogP contribution in [0.3, 0.4) is 0 Å². The van der Waals surface area contributed by atoms with Gasteiger partial charge in [0.15, 0.2) is 0 Å². The molecule has 0 heterocycles. The average molecular weight is 404 g/mol. The van der Waals surface area contributed by atoms with E-state index in [9.17, 15) is 0 Å². The predicted octanol–water partition coefficient (Wildman–Crippen LogP) is 5.48. The summed E-state index contributed by atoms with van der Waals surface area (Å²) in [6, 6.07) is 4.13. The molecule has 0 amide bonds. The molecule has 1 fully saturated rings. The number of hydrogen-bond donors (Lipinski definition) is 0. The Bertz CT molecular complexity index is 652. The first-order valence-electron chi connectivity index (χ1n) is 10.7. The first-order chi connectivity index (χ1) is 14.0. The van der Waals surface area contributed by atoms with Crippen LogP contribution in [-0.4, -0.2) is 39.2 Å². The van der Waals surface area contributed by atoms with Gasteiger partial charge in [-0.1, -0.05) is 17.3 Å². The fourth-order valence-electron chi connectivity index (χ4n) is 3.78. The van der Waals surface area contributed by atoms with E-state index in [0.717, 1.165) is 41.6 Å². The Balaban J connectivity index is 1.74. The minimum Gasteiger partial charge on any atom is -0.493 e. The van der Waals surface area contributed by atoms with Crippen LogP contribution in [-0.2, 0) is 9.57 Å². The topological polar surface area (TPSA) is 49.3 Å². The van der Waals surface area contributed by atoms with Gasteiger partial charge in [0.25, 0.3) is 0 Å². The normalized spacial score (nSPS) is 20.1. The lowest BCUT2D eigenvalue weighted by atomic mass is 9.83. The van der Waals surface area contributed by atoms with E-state index >= 15 is 0 Å². The van der Waals surface area contributed by atoms with Gasteiger partial charge in [-0.3, -0.25) is 0 Å². The molecule has 1 aromatic rings. The summed E-state index contributed by atoms with van der Waals surface area (Å²) < 4.78 is 17.8. The number of rotatable bonds is 11. The summed E-state index contributed by atoms with van der Waals surface area (Å²) in [5.41, 5.74) is 3.14. The third kappa shape index (κ3) is 8.09. The summed E-state index contributed by atoms with van der Waals surface area (Å²) >= 11 is 0. The van der Waals surface area contributed by atoms with E-state index in [1.807, 2.05) is 26.0 Å². The summed E-state index contributed by atoms with van der Waals surface area (Å²) in [5.74, 6) is 3.16. The third-order valence-electron chi connectivity index (χ3n) is 5.36. The van der Waals surface area contributed by atoms with Gasteiger partial charge in [0, 0.05) is 6.61 Å². The Kier molecular flexibility index (Phi) is 10.1. The quantitative estimate of drug-likeness (QED) is 0.279. The van der Waals surface area contributed by atoms with Crippen molar-refractivity contribution < 1.29 is 19.0 Å². The standard InChI is InChI=1S/C24H37NO4/c1-6-7-12-28-23-13-18(2)24(19(3)14-23)29-17-22-10-8-21(9-11-22)16-27-15-20(4)25-26-5/h6-7,13-14,21-22H,8-12,15-17H2,1-5H3/b7-6+,25-20+. The lowest BCUT2D eigenvalue weighted by Gasteiger charge is -2.28. The molecule has 0 N–H and O–H groups in total. The Hall–Kier alpha value is -2.01. The second-order valence-corrected chi connectivity index (χ2v) is 7.99. The van der Waals surface area contributed by atoms with Gasteiger partial charge in [-0.2, -0.15) is 0 Å². The summed E-state index contributed by atoms with van der Waals surface area (Å²) in [6.07, 6.45) is 8.79. The van der Waals surface area contributed by atoms with Crippen molar-refractivity contribution in [3.05, 3.63) is 35.4 Å². The van der Waals surface area contributed by atoms with Gasteiger partial charge in [-0.15, -0.1) is 0 Å².